The third-order valence-corrected chi connectivity index (χ3v) is 5.83. The fourth-order valence-electron chi connectivity index (χ4n) is 2.86. The summed E-state index contributed by atoms with van der Waals surface area (Å²) in [6.45, 7) is 1.82. The van der Waals surface area contributed by atoms with Gasteiger partial charge in [-0.15, -0.1) is 0 Å². The molecule has 0 heterocycles. The van der Waals surface area contributed by atoms with Crippen LogP contribution in [-0.4, -0.2) is 8.42 Å². The second-order valence-electron chi connectivity index (χ2n) is 5.68. The maximum absolute atomic E-state index is 12.6. The van der Waals surface area contributed by atoms with Gasteiger partial charge in [-0.1, -0.05) is 29.8 Å². The Labute approximate surface area is 136 Å². The molecule has 0 saturated heterocycles. The molecule has 2 aromatic carbocycles. The summed E-state index contributed by atoms with van der Waals surface area (Å²) in [7, 11) is -3.54. The van der Waals surface area contributed by atoms with Gasteiger partial charge in [0.1, 0.15) is 0 Å². The van der Waals surface area contributed by atoms with E-state index in [2.05, 4.69) is 4.72 Å². The molecule has 0 saturated carbocycles. The molecule has 0 bridgehead atoms. The fourth-order valence-corrected chi connectivity index (χ4v) is 4.34. The van der Waals surface area contributed by atoms with Crippen molar-refractivity contribution in [2.45, 2.75) is 37.1 Å². The number of fused-ring (bicyclic) bond motifs is 1. The Bertz CT molecular complexity index is 802. The Kier molecular flexibility index (Phi) is 4.26. The van der Waals surface area contributed by atoms with E-state index in [0.29, 0.717) is 9.92 Å². The van der Waals surface area contributed by atoms with Gasteiger partial charge >= 0.3 is 0 Å². The first-order valence-electron chi connectivity index (χ1n) is 7.35. The van der Waals surface area contributed by atoms with Gasteiger partial charge in [0.15, 0.2) is 0 Å². The summed E-state index contributed by atoms with van der Waals surface area (Å²) in [6, 6.07) is 12.3. The second-order valence-corrected chi connectivity index (χ2v) is 7.83. The van der Waals surface area contributed by atoms with Crippen LogP contribution in [0.1, 0.15) is 36.1 Å². The third-order valence-electron chi connectivity index (χ3n) is 4.06. The molecule has 0 spiro atoms. The molecule has 22 heavy (non-hydrogen) atoms. The van der Waals surface area contributed by atoms with E-state index in [9.17, 15) is 8.42 Å². The van der Waals surface area contributed by atoms with E-state index in [1.54, 1.807) is 24.3 Å². The Morgan fingerprint density at radius 3 is 2.64 bits per heavy atom. The molecule has 0 amide bonds. The van der Waals surface area contributed by atoms with E-state index in [1.807, 2.05) is 25.1 Å². The van der Waals surface area contributed by atoms with E-state index >= 15 is 0 Å². The van der Waals surface area contributed by atoms with Crippen molar-refractivity contribution in [1.82, 2.24) is 4.72 Å². The van der Waals surface area contributed by atoms with Gasteiger partial charge in [0.2, 0.25) is 10.0 Å². The molecule has 2 aromatic rings. The molecule has 1 aliphatic rings. The smallest absolute Gasteiger partial charge is 0.207 e. The number of benzene rings is 2. The molecule has 5 heteroatoms. The van der Waals surface area contributed by atoms with Crippen LogP contribution in [-0.2, 0) is 22.9 Å². The number of halogens is 1. The Morgan fingerprint density at radius 1 is 1.09 bits per heavy atom. The summed E-state index contributed by atoms with van der Waals surface area (Å²) < 4.78 is 27.8. The van der Waals surface area contributed by atoms with Crippen LogP contribution >= 0.6 is 11.6 Å². The monoisotopic (exact) mass is 335 g/mol. The van der Waals surface area contributed by atoms with Gasteiger partial charge in [0.05, 0.1) is 4.90 Å². The van der Waals surface area contributed by atoms with Gasteiger partial charge in [0.25, 0.3) is 0 Å². The molecular formula is C17H18ClNO2S. The highest BCUT2D eigenvalue weighted by Crippen LogP contribution is 2.26. The van der Waals surface area contributed by atoms with Crippen LogP contribution in [0.25, 0.3) is 0 Å². The van der Waals surface area contributed by atoms with E-state index in [4.69, 9.17) is 11.6 Å². The van der Waals surface area contributed by atoms with Gasteiger partial charge in [-0.2, -0.15) is 0 Å². The first kappa shape index (κ1) is 15.5. The lowest BCUT2D eigenvalue weighted by Crippen LogP contribution is -2.27. The van der Waals surface area contributed by atoms with E-state index in [1.165, 1.54) is 5.56 Å². The molecule has 116 valence electrons. The van der Waals surface area contributed by atoms with Crippen LogP contribution < -0.4 is 4.72 Å². The highest BCUT2D eigenvalue weighted by Gasteiger charge is 2.21. The predicted octanol–water partition coefficient (Wildman–Crippen LogP) is 3.87. The molecule has 0 fully saturated rings. The third kappa shape index (κ3) is 3.19. The lowest BCUT2D eigenvalue weighted by atomic mass is 10.1. The van der Waals surface area contributed by atoms with Crippen LogP contribution in [0.5, 0.6) is 0 Å². The first-order chi connectivity index (χ1) is 10.5. The first-order valence-corrected chi connectivity index (χ1v) is 9.21. The minimum absolute atomic E-state index is 0.335. The zero-order valence-electron chi connectivity index (χ0n) is 12.3. The SMILES string of the molecule is C[C@@H](NS(=O)(=O)c1ccc2c(c1)CCC2)c1cccc(Cl)c1. The minimum Gasteiger partial charge on any atom is -0.207 e. The van der Waals surface area contributed by atoms with Gasteiger partial charge in [-0.05, 0) is 67.1 Å². The van der Waals surface area contributed by atoms with E-state index in [-0.39, 0.29) is 6.04 Å². The molecule has 0 radical (unpaired) electrons. The molecule has 1 N–H and O–H groups in total. The molecule has 0 aliphatic heterocycles. The van der Waals surface area contributed by atoms with Crippen molar-refractivity contribution in [2.75, 3.05) is 0 Å². The average molecular weight is 336 g/mol. The van der Waals surface area contributed by atoms with E-state index in [0.717, 1.165) is 30.4 Å². The molecule has 1 atom stereocenters. The van der Waals surface area contributed by atoms with Crippen LogP contribution in [0.4, 0.5) is 0 Å². The molecule has 0 aromatic heterocycles. The van der Waals surface area contributed by atoms with Crippen molar-refractivity contribution in [3.8, 4) is 0 Å². The van der Waals surface area contributed by atoms with Crippen LogP contribution in [0.2, 0.25) is 5.02 Å². The number of aryl methyl sites for hydroxylation is 2. The molecule has 3 nitrogen and oxygen atoms in total. The normalized spacial score (nSPS) is 15.5. The molecule has 3 rings (SSSR count). The Morgan fingerprint density at radius 2 is 1.86 bits per heavy atom. The summed E-state index contributed by atoms with van der Waals surface area (Å²) in [5.41, 5.74) is 3.26. The van der Waals surface area contributed by atoms with E-state index < -0.39 is 10.0 Å². The average Bonchev–Trinajstić information content (AvgIpc) is 2.94. The molecule has 0 unspecified atom stereocenters. The van der Waals surface area contributed by atoms with Crippen molar-refractivity contribution in [2.24, 2.45) is 0 Å². The van der Waals surface area contributed by atoms with Gasteiger partial charge < -0.3 is 0 Å². The highest BCUT2D eigenvalue weighted by molar-refractivity contribution is 7.89. The number of rotatable bonds is 4. The van der Waals surface area contributed by atoms with Crippen LogP contribution in [0.15, 0.2) is 47.4 Å². The lowest BCUT2D eigenvalue weighted by Gasteiger charge is -2.15. The summed E-state index contributed by atoms with van der Waals surface area (Å²) in [6.07, 6.45) is 3.11. The summed E-state index contributed by atoms with van der Waals surface area (Å²) in [5.74, 6) is 0. The maximum atomic E-state index is 12.6. The second kappa shape index (κ2) is 6.03. The largest absolute Gasteiger partial charge is 0.241 e. The van der Waals surface area contributed by atoms with Crippen LogP contribution in [0, 0.1) is 0 Å². The number of hydrogen-bond acceptors (Lipinski definition) is 2. The highest BCUT2D eigenvalue weighted by atomic mass is 35.5. The van der Waals surface area contributed by atoms with Crippen molar-refractivity contribution >= 4 is 21.6 Å². The number of nitrogens with one attached hydrogen (secondary N) is 1. The standard InChI is InChI=1S/C17H18ClNO2S/c1-12(14-5-3-7-16(18)10-14)19-22(20,21)17-9-8-13-4-2-6-15(13)11-17/h3,5,7-12,19H,2,4,6H2,1H3/t12-/m1/s1. The van der Waals surface area contributed by atoms with Crippen molar-refractivity contribution in [1.29, 1.82) is 0 Å². The Hall–Kier alpha value is -1.36. The van der Waals surface area contributed by atoms with Crippen molar-refractivity contribution < 1.29 is 8.42 Å². The number of hydrogen-bond donors (Lipinski definition) is 1. The number of sulfonamides is 1. The van der Waals surface area contributed by atoms with Gasteiger partial charge in [-0.3, -0.25) is 0 Å². The zero-order valence-corrected chi connectivity index (χ0v) is 13.9. The minimum atomic E-state index is -3.54. The Balaban J connectivity index is 1.84. The fraction of sp³-hybridized carbons (Fsp3) is 0.294. The lowest BCUT2D eigenvalue weighted by molar-refractivity contribution is 0.567. The summed E-state index contributed by atoms with van der Waals surface area (Å²) in [5, 5.41) is 0.598. The predicted molar refractivity (Wildman–Crippen MR) is 88.7 cm³/mol. The summed E-state index contributed by atoms with van der Waals surface area (Å²) >= 11 is 5.96. The molecule has 1 aliphatic carbocycles. The van der Waals surface area contributed by atoms with Crippen molar-refractivity contribution in [3.05, 3.63) is 64.2 Å². The molecular weight excluding hydrogens is 318 g/mol. The maximum Gasteiger partial charge on any atom is 0.241 e. The van der Waals surface area contributed by atoms with Crippen molar-refractivity contribution in [3.63, 3.8) is 0 Å². The quantitative estimate of drug-likeness (QED) is 0.922. The van der Waals surface area contributed by atoms with Gasteiger partial charge in [-0.25, -0.2) is 13.1 Å². The zero-order chi connectivity index (χ0) is 15.7. The van der Waals surface area contributed by atoms with Gasteiger partial charge in [0, 0.05) is 11.1 Å². The van der Waals surface area contributed by atoms with Crippen LogP contribution in [0.3, 0.4) is 0 Å². The topological polar surface area (TPSA) is 46.2 Å². The summed E-state index contributed by atoms with van der Waals surface area (Å²) in [4.78, 5) is 0.335.